The molecule has 0 saturated heterocycles. The number of esters is 1. The summed E-state index contributed by atoms with van der Waals surface area (Å²) < 4.78 is 4.80. The summed E-state index contributed by atoms with van der Waals surface area (Å²) in [7, 11) is 1.46. The highest BCUT2D eigenvalue weighted by atomic mass is 32.2. The monoisotopic (exact) mass is 322 g/mol. The van der Waals surface area contributed by atoms with Gasteiger partial charge in [-0.15, -0.1) is 23.1 Å². The third-order valence-corrected chi connectivity index (χ3v) is 6.60. The lowest BCUT2D eigenvalue weighted by Gasteiger charge is -2.13. The maximum absolute atomic E-state index is 11.5. The molecule has 2 heterocycles. The molecule has 3 rings (SSSR count). The fourth-order valence-electron chi connectivity index (χ4n) is 2.41. The van der Waals surface area contributed by atoms with Gasteiger partial charge in [-0.3, -0.25) is 4.79 Å². The normalized spacial score (nSPS) is 16.1. The molecule has 0 bridgehead atoms. The molecule has 0 amide bonds. The number of carbonyl (C=O) groups is 1. The quantitative estimate of drug-likeness (QED) is 0.477. The number of rotatable bonds is 5. The third kappa shape index (κ3) is 2.92. The Morgan fingerprint density at radius 1 is 1.43 bits per heavy atom. The van der Waals surface area contributed by atoms with Gasteiger partial charge in [0.1, 0.15) is 16.2 Å². The van der Waals surface area contributed by atoms with Crippen molar-refractivity contribution >= 4 is 39.3 Å². The average Bonchev–Trinajstić information content (AvgIpc) is 3.17. The van der Waals surface area contributed by atoms with E-state index in [-0.39, 0.29) is 11.4 Å². The summed E-state index contributed by atoms with van der Waals surface area (Å²) in [5.74, 6) is 0.811. The second-order valence-electron chi connectivity index (χ2n) is 5.68. The number of thioether (sulfide) groups is 1. The van der Waals surface area contributed by atoms with Gasteiger partial charge in [-0.1, -0.05) is 0 Å². The van der Waals surface area contributed by atoms with E-state index in [0.717, 1.165) is 28.5 Å². The van der Waals surface area contributed by atoms with Crippen LogP contribution < -0.4 is 0 Å². The smallest absolute Gasteiger partial charge is 0.306 e. The van der Waals surface area contributed by atoms with Crippen molar-refractivity contribution in [2.75, 3.05) is 12.9 Å². The summed E-state index contributed by atoms with van der Waals surface area (Å²) in [5, 5.41) is 2.22. The number of methoxy groups -OCH3 is 1. The molecule has 1 aliphatic carbocycles. The predicted octanol–water partition coefficient (Wildman–Crippen LogP) is 3.74. The Hall–Kier alpha value is -1.14. The minimum atomic E-state index is -0.108. The van der Waals surface area contributed by atoms with Gasteiger partial charge >= 0.3 is 5.97 Å². The fraction of sp³-hybridized carbons (Fsp3) is 0.533. The number of ether oxygens (including phenoxy) is 1. The number of aromatic nitrogens is 2. The third-order valence-electron chi connectivity index (χ3n) is 4.15. The maximum atomic E-state index is 11.5. The van der Waals surface area contributed by atoms with Crippen LogP contribution in [-0.4, -0.2) is 28.8 Å². The van der Waals surface area contributed by atoms with E-state index in [1.165, 1.54) is 22.9 Å². The number of hydrogen-bond donors (Lipinski definition) is 0. The van der Waals surface area contributed by atoms with E-state index in [9.17, 15) is 4.79 Å². The second kappa shape index (κ2) is 5.57. The minimum Gasteiger partial charge on any atom is -0.469 e. The molecule has 112 valence electrons. The van der Waals surface area contributed by atoms with Crippen molar-refractivity contribution in [2.24, 2.45) is 5.41 Å². The van der Waals surface area contributed by atoms with E-state index < -0.39 is 0 Å². The molecule has 1 saturated carbocycles. The van der Waals surface area contributed by atoms with Crippen LogP contribution in [0.5, 0.6) is 0 Å². The van der Waals surface area contributed by atoms with Crippen LogP contribution >= 0.6 is 23.1 Å². The van der Waals surface area contributed by atoms with Gasteiger partial charge in [-0.25, -0.2) is 9.97 Å². The predicted molar refractivity (Wildman–Crippen MR) is 85.9 cm³/mol. The lowest BCUT2D eigenvalue weighted by atomic mass is 10.1. The van der Waals surface area contributed by atoms with Crippen LogP contribution in [0.15, 0.2) is 11.4 Å². The highest BCUT2D eigenvalue weighted by Gasteiger charge is 2.44. The largest absolute Gasteiger partial charge is 0.469 e. The van der Waals surface area contributed by atoms with Crippen molar-refractivity contribution in [3.05, 3.63) is 16.8 Å². The van der Waals surface area contributed by atoms with Crippen molar-refractivity contribution in [3.8, 4) is 0 Å². The summed E-state index contributed by atoms with van der Waals surface area (Å²) in [6.07, 6.45) is 4.36. The first-order valence-corrected chi connectivity index (χ1v) is 8.75. The molecule has 0 atom stereocenters. The van der Waals surface area contributed by atoms with Crippen molar-refractivity contribution in [2.45, 2.75) is 38.1 Å². The van der Waals surface area contributed by atoms with Gasteiger partial charge in [0, 0.05) is 16.0 Å². The highest BCUT2D eigenvalue weighted by Crippen LogP contribution is 2.52. The molecule has 0 N–H and O–H groups in total. The zero-order valence-corrected chi connectivity index (χ0v) is 14.1. The van der Waals surface area contributed by atoms with Crippen molar-refractivity contribution < 1.29 is 9.53 Å². The van der Waals surface area contributed by atoms with Crippen LogP contribution in [0.4, 0.5) is 0 Å². The SMILES string of the molecule is COC(=O)CC1(CSc2ncnc3sc(C)c(C)c23)CC1. The molecular weight excluding hydrogens is 304 g/mol. The van der Waals surface area contributed by atoms with E-state index in [4.69, 9.17) is 4.74 Å². The van der Waals surface area contributed by atoms with Gasteiger partial charge in [0.05, 0.1) is 13.5 Å². The zero-order chi connectivity index (χ0) is 15.0. The van der Waals surface area contributed by atoms with Gasteiger partial charge in [-0.2, -0.15) is 0 Å². The van der Waals surface area contributed by atoms with Crippen LogP contribution in [0.3, 0.4) is 0 Å². The molecule has 4 nitrogen and oxygen atoms in total. The summed E-state index contributed by atoms with van der Waals surface area (Å²) in [6.45, 7) is 4.25. The first kappa shape index (κ1) is 14.8. The molecular formula is C15H18N2O2S2. The van der Waals surface area contributed by atoms with Crippen LogP contribution in [0.1, 0.15) is 29.7 Å². The van der Waals surface area contributed by atoms with Crippen LogP contribution in [0.2, 0.25) is 0 Å². The highest BCUT2D eigenvalue weighted by molar-refractivity contribution is 7.99. The molecule has 0 radical (unpaired) electrons. The fourth-order valence-corrected chi connectivity index (χ4v) is 4.82. The summed E-state index contributed by atoms with van der Waals surface area (Å²) >= 11 is 3.46. The first-order chi connectivity index (χ1) is 10.0. The Bertz CT molecular complexity index is 692. The number of aryl methyl sites for hydroxylation is 2. The van der Waals surface area contributed by atoms with Gasteiger partial charge in [0.15, 0.2) is 0 Å². The molecule has 0 spiro atoms. The molecule has 6 heteroatoms. The van der Waals surface area contributed by atoms with E-state index in [1.54, 1.807) is 29.4 Å². The molecule has 2 aromatic rings. The number of hydrogen-bond acceptors (Lipinski definition) is 6. The molecule has 1 aliphatic rings. The van der Waals surface area contributed by atoms with Gasteiger partial charge in [0.25, 0.3) is 0 Å². The van der Waals surface area contributed by atoms with E-state index in [0.29, 0.717) is 6.42 Å². The van der Waals surface area contributed by atoms with Crippen molar-refractivity contribution in [3.63, 3.8) is 0 Å². The minimum absolute atomic E-state index is 0.108. The van der Waals surface area contributed by atoms with E-state index in [1.807, 2.05) is 0 Å². The lowest BCUT2D eigenvalue weighted by Crippen LogP contribution is -2.13. The van der Waals surface area contributed by atoms with Crippen LogP contribution in [0, 0.1) is 19.3 Å². The molecule has 2 aromatic heterocycles. The lowest BCUT2D eigenvalue weighted by molar-refractivity contribution is -0.141. The molecule has 0 aromatic carbocycles. The molecule has 0 unspecified atom stereocenters. The zero-order valence-electron chi connectivity index (χ0n) is 12.4. The van der Waals surface area contributed by atoms with Crippen molar-refractivity contribution in [1.82, 2.24) is 9.97 Å². The van der Waals surface area contributed by atoms with Gasteiger partial charge in [-0.05, 0) is 37.7 Å². The van der Waals surface area contributed by atoms with Crippen LogP contribution in [0.25, 0.3) is 10.2 Å². The number of thiophene rings is 1. The summed E-state index contributed by atoms with van der Waals surface area (Å²) in [4.78, 5) is 22.7. The standard InChI is InChI=1S/C15H18N2O2S2/c1-9-10(2)21-14-12(9)13(16-8-17-14)20-7-15(4-5-15)6-11(18)19-3/h8H,4-7H2,1-3H3. The van der Waals surface area contributed by atoms with Gasteiger partial charge in [0.2, 0.25) is 0 Å². The summed E-state index contributed by atoms with van der Waals surface area (Å²) in [6, 6.07) is 0. The average molecular weight is 322 g/mol. The summed E-state index contributed by atoms with van der Waals surface area (Å²) in [5.41, 5.74) is 1.39. The van der Waals surface area contributed by atoms with Crippen molar-refractivity contribution in [1.29, 1.82) is 0 Å². The van der Waals surface area contributed by atoms with E-state index in [2.05, 4.69) is 23.8 Å². The number of fused-ring (bicyclic) bond motifs is 1. The Balaban J connectivity index is 1.78. The second-order valence-corrected chi connectivity index (χ2v) is 7.85. The Labute approximate surface area is 132 Å². The molecule has 21 heavy (non-hydrogen) atoms. The maximum Gasteiger partial charge on any atom is 0.306 e. The van der Waals surface area contributed by atoms with Gasteiger partial charge < -0.3 is 4.74 Å². The van der Waals surface area contributed by atoms with Crippen LogP contribution in [-0.2, 0) is 9.53 Å². The Morgan fingerprint density at radius 3 is 2.86 bits per heavy atom. The Kier molecular flexibility index (Phi) is 3.92. The molecule has 1 fully saturated rings. The Morgan fingerprint density at radius 2 is 2.19 bits per heavy atom. The van der Waals surface area contributed by atoms with E-state index >= 15 is 0 Å². The number of nitrogens with zero attached hydrogens (tertiary/aromatic N) is 2. The molecule has 0 aliphatic heterocycles. The topological polar surface area (TPSA) is 52.1 Å². The number of carbonyl (C=O) groups excluding carboxylic acids is 1. The first-order valence-electron chi connectivity index (χ1n) is 6.95.